The number of hydrogen-bond acceptors (Lipinski definition) is 4. The van der Waals surface area contributed by atoms with Crippen LogP contribution in [0.5, 0.6) is 5.75 Å². The molecule has 1 heterocycles. The topological polar surface area (TPSA) is 44.8 Å². The minimum absolute atomic E-state index is 0.150. The highest BCUT2D eigenvalue weighted by Crippen LogP contribution is 2.26. The summed E-state index contributed by atoms with van der Waals surface area (Å²) in [5.41, 5.74) is 2.38. The van der Waals surface area contributed by atoms with Gasteiger partial charge in [-0.15, -0.1) is 0 Å². The van der Waals surface area contributed by atoms with Crippen LogP contribution in [0.2, 0.25) is 0 Å². The Balaban J connectivity index is 1.38. The maximum absolute atomic E-state index is 12.9. The van der Waals surface area contributed by atoms with Gasteiger partial charge < -0.3 is 10.1 Å². The molecule has 0 spiro atoms. The van der Waals surface area contributed by atoms with Gasteiger partial charge in [-0.25, -0.2) is 0 Å². The zero-order chi connectivity index (χ0) is 19.3. The van der Waals surface area contributed by atoms with Gasteiger partial charge >= 0.3 is 0 Å². The summed E-state index contributed by atoms with van der Waals surface area (Å²) in [6.45, 7) is 4.65. The SMILES string of the molecule is COc1ccc(CN2CCN([C@@H](C(=O)NC3CC3)c3ccccc3)CC2)cc1. The monoisotopic (exact) mass is 379 g/mol. The van der Waals surface area contributed by atoms with E-state index in [0.717, 1.165) is 56.9 Å². The Hall–Kier alpha value is -2.37. The van der Waals surface area contributed by atoms with E-state index in [2.05, 4.69) is 39.4 Å². The summed E-state index contributed by atoms with van der Waals surface area (Å²) in [7, 11) is 1.69. The lowest BCUT2D eigenvalue weighted by Crippen LogP contribution is -2.50. The molecule has 2 fully saturated rings. The predicted molar refractivity (Wildman–Crippen MR) is 110 cm³/mol. The van der Waals surface area contributed by atoms with Crippen LogP contribution < -0.4 is 10.1 Å². The largest absolute Gasteiger partial charge is 0.497 e. The highest BCUT2D eigenvalue weighted by Gasteiger charge is 2.33. The first-order valence-electron chi connectivity index (χ1n) is 10.2. The van der Waals surface area contributed by atoms with E-state index in [-0.39, 0.29) is 11.9 Å². The zero-order valence-electron chi connectivity index (χ0n) is 16.5. The van der Waals surface area contributed by atoms with Crippen LogP contribution >= 0.6 is 0 Å². The average Bonchev–Trinajstić information content (AvgIpc) is 3.55. The van der Waals surface area contributed by atoms with Crippen molar-refractivity contribution >= 4 is 5.91 Å². The molecule has 2 aromatic rings. The number of nitrogens with zero attached hydrogens (tertiary/aromatic N) is 2. The number of nitrogens with one attached hydrogen (secondary N) is 1. The number of carbonyl (C=O) groups is 1. The van der Waals surface area contributed by atoms with E-state index < -0.39 is 0 Å². The predicted octanol–water partition coefficient (Wildman–Crippen LogP) is 2.83. The highest BCUT2D eigenvalue weighted by molar-refractivity contribution is 5.83. The van der Waals surface area contributed by atoms with Gasteiger partial charge in [-0.3, -0.25) is 14.6 Å². The fourth-order valence-corrected chi connectivity index (χ4v) is 3.84. The lowest BCUT2D eigenvalue weighted by Gasteiger charge is -2.39. The second-order valence-electron chi connectivity index (χ2n) is 7.76. The lowest BCUT2D eigenvalue weighted by atomic mass is 10.0. The van der Waals surface area contributed by atoms with E-state index in [1.807, 2.05) is 30.3 Å². The smallest absolute Gasteiger partial charge is 0.242 e. The van der Waals surface area contributed by atoms with Crippen molar-refractivity contribution in [1.29, 1.82) is 0 Å². The van der Waals surface area contributed by atoms with E-state index in [1.54, 1.807) is 7.11 Å². The number of hydrogen-bond donors (Lipinski definition) is 1. The highest BCUT2D eigenvalue weighted by atomic mass is 16.5. The second-order valence-corrected chi connectivity index (χ2v) is 7.76. The number of carbonyl (C=O) groups excluding carboxylic acids is 1. The van der Waals surface area contributed by atoms with Crippen molar-refractivity contribution in [1.82, 2.24) is 15.1 Å². The summed E-state index contributed by atoms with van der Waals surface area (Å²) < 4.78 is 5.24. The van der Waals surface area contributed by atoms with Crippen molar-refractivity contribution in [2.75, 3.05) is 33.3 Å². The van der Waals surface area contributed by atoms with Gasteiger partial charge in [0.15, 0.2) is 0 Å². The van der Waals surface area contributed by atoms with Crippen LogP contribution in [0.4, 0.5) is 0 Å². The molecule has 0 unspecified atom stereocenters. The van der Waals surface area contributed by atoms with Gasteiger partial charge in [0.2, 0.25) is 5.91 Å². The van der Waals surface area contributed by atoms with Crippen LogP contribution in [0.3, 0.4) is 0 Å². The summed E-state index contributed by atoms with van der Waals surface area (Å²) in [4.78, 5) is 17.7. The second kappa shape index (κ2) is 8.76. The van der Waals surface area contributed by atoms with Gasteiger partial charge in [-0.2, -0.15) is 0 Å². The fraction of sp³-hybridized carbons (Fsp3) is 0.435. The van der Waals surface area contributed by atoms with Gasteiger partial charge in [0.1, 0.15) is 11.8 Å². The van der Waals surface area contributed by atoms with Crippen LogP contribution in [-0.2, 0) is 11.3 Å². The molecule has 1 saturated carbocycles. The van der Waals surface area contributed by atoms with Gasteiger partial charge in [-0.1, -0.05) is 42.5 Å². The molecule has 148 valence electrons. The van der Waals surface area contributed by atoms with Crippen molar-refractivity contribution in [3.8, 4) is 5.75 Å². The maximum Gasteiger partial charge on any atom is 0.242 e. The summed E-state index contributed by atoms with van der Waals surface area (Å²) in [6.07, 6.45) is 2.23. The molecule has 1 saturated heterocycles. The molecule has 1 amide bonds. The standard InChI is InChI=1S/C23H29N3O2/c1-28-21-11-7-18(8-12-21)17-25-13-15-26(16-14-25)22(19-5-3-2-4-6-19)23(27)24-20-9-10-20/h2-8,11-12,20,22H,9-10,13-17H2,1H3,(H,24,27)/t22-/m1/s1. The molecule has 0 radical (unpaired) electrons. The first-order chi connectivity index (χ1) is 13.7. The third-order valence-corrected chi connectivity index (χ3v) is 5.62. The molecular weight excluding hydrogens is 350 g/mol. The van der Waals surface area contributed by atoms with Crippen LogP contribution in [0, 0.1) is 0 Å². The Morgan fingerprint density at radius 3 is 2.32 bits per heavy atom. The van der Waals surface area contributed by atoms with E-state index in [9.17, 15) is 4.79 Å². The summed E-state index contributed by atoms with van der Waals surface area (Å²) >= 11 is 0. The quantitative estimate of drug-likeness (QED) is 0.804. The molecule has 0 bridgehead atoms. The molecule has 1 aliphatic carbocycles. The maximum atomic E-state index is 12.9. The van der Waals surface area contributed by atoms with Crippen molar-refractivity contribution in [3.05, 3.63) is 65.7 Å². The molecular formula is C23H29N3O2. The van der Waals surface area contributed by atoms with Crippen LogP contribution in [-0.4, -0.2) is 55.0 Å². The normalized spacial score (nSPS) is 19.2. The average molecular weight is 380 g/mol. The summed E-state index contributed by atoms with van der Waals surface area (Å²) in [6, 6.07) is 18.7. The molecule has 5 heteroatoms. The van der Waals surface area contributed by atoms with Crippen molar-refractivity contribution < 1.29 is 9.53 Å². The molecule has 1 aliphatic heterocycles. The van der Waals surface area contributed by atoms with Gasteiger partial charge in [0.25, 0.3) is 0 Å². The third kappa shape index (κ3) is 4.72. The minimum atomic E-state index is -0.190. The van der Waals surface area contributed by atoms with Crippen LogP contribution in [0.25, 0.3) is 0 Å². The third-order valence-electron chi connectivity index (χ3n) is 5.62. The van der Waals surface area contributed by atoms with Gasteiger partial charge in [0.05, 0.1) is 7.11 Å². The summed E-state index contributed by atoms with van der Waals surface area (Å²) in [5.74, 6) is 1.04. The Kier molecular flexibility index (Phi) is 5.93. The van der Waals surface area contributed by atoms with Crippen LogP contribution in [0.15, 0.2) is 54.6 Å². The number of methoxy groups -OCH3 is 1. The van der Waals surface area contributed by atoms with Crippen molar-refractivity contribution in [2.24, 2.45) is 0 Å². The van der Waals surface area contributed by atoms with E-state index in [0.29, 0.717) is 6.04 Å². The summed E-state index contributed by atoms with van der Waals surface area (Å²) in [5, 5.41) is 3.21. The molecule has 2 aromatic carbocycles. The van der Waals surface area contributed by atoms with E-state index >= 15 is 0 Å². The first kappa shape index (κ1) is 19.0. The van der Waals surface area contributed by atoms with Crippen LogP contribution in [0.1, 0.15) is 30.0 Å². The number of rotatable bonds is 7. The molecule has 5 nitrogen and oxygen atoms in total. The van der Waals surface area contributed by atoms with Crippen molar-refractivity contribution in [2.45, 2.75) is 31.5 Å². The minimum Gasteiger partial charge on any atom is -0.497 e. The van der Waals surface area contributed by atoms with Crippen molar-refractivity contribution in [3.63, 3.8) is 0 Å². The molecule has 1 N–H and O–H groups in total. The molecule has 4 rings (SSSR count). The fourth-order valence-electron chi connectivity index (χ4n) is 3.84. The Labute approximate surface area is 167 Å². The molecule has 2 aliphatic rings. The molecule has 0 aromatic heterocycles. The number of benzene rings is 2. The number of amides is 1. The van der Waals surface area contributed by atoms with E-state index in [4.69, 9.17) is 4.74 Å². The zero-order valence-corrected chi connectivity index (χ0v) is 16.5. The van der Waals surface area contributed by atoms with Gasteiger partial charge in [0, 0.05) is 38.8 Å². The Morgan fingerprint density at radius 1 is 1.04 bits per heavy atom. The number of piperazine rings is 1. The Bertz CT molecular complexity index is 766. The molecule has 1 atom stereocenters. The first-order valence-corrected chi connectivity index (χ1v) is 10.2. The Morgan fingerprint density at radius 2 is 1.71 bits per heavy atom. The number of ether oxygens (including phenoxy) is 1. The molecule has 28 heavy (non-hydrogen) atoms. The van der Waals surface area contributed by atoms with Gasteiger partial charge in [-0.05, 0) is 36.1 Å². The van der Waals surface area contributed by atoms with E-state index in [1.165, 1.54) is 5.56 Å². The lowest BCUT2D eigenvalue weighted by molar-refractivity contribution is -0.127.